The number of aryl methyl sites for hydroxylation is 1. The van der Waals surface area contributed by atoms with Crippen LogP contribution in [0, 0.1) is 5.92 Å². The molecule has 0 unspecified atom stereocenters. The number of benzene rings is 2. The molecule has 1 atom stereocenters. The number of hydrogen-bond donors (Lipinski definition) is 2. The van der Waals surface area contributed by atoms with Crippen LogP contribution in [0.15, 0.2) is 54.6 Å². The fraction of sp³-hybridized carbons (Fsp3) is 0.333. The number of pyridine rings is 1. The van der Waals surface area contributed by atoms with Crippen molar-refractivity contribution in [2.24, 2.45) is 5.92 Å². The van der Waals surface area contributed by atoms with Crippen LogP contribution >= 0.6 is 0 Å². The van der Waals surface area contributed by atoms with E-state index in [0.717, 1.165) is 28.9 Å². The molecule has 2 aromatic carbocycles. The van der Waals surface area contributed by atoms with Crippen LogP contribution in [-0.4, -0.2) is 16.9 Å². The number of carbonyl (C=O) groups is 1. The number of aromatic nitrogens is 1. The molecule has 0 radical (unpaired) electrons. The van der Waals surface area contributed by atoms with Crippen molar-refractivity contribution < 1.29 is 18.0 Å². The predicted molar refractivity (Wildman–Crippen MR) is 118 cm³/mol. The Morgan fingerprint density at radius 3 is 2.35 bits per heavy atom. The monoisotopic (exact) mass is 429 g/mol. The van der Waals surface area contributed by atoms with Crippen LogP contribution in [-0.2, 0) is 17.4 Å². The second kappa shape index (κ2) is 9.37. The van der Waals surface area contributed by atoms with Gasteiger partial charge in [0.2, 0.25) is 5.91 Å². The second-order valence-corrected chi connectivity index (χ2v) is 8.02. The maximum Gasteiger partial charge on any atom is 0.416 e. The Balaban J connectivity index is 1.59. The Bertz CT molecular complexity index is 1050. The molecule has 7 heteroatoms. The van der Waals surface area contributed by atoms with Gasteiger partial charge in [-0.3, -0.25) is 4.79 Å². The first kappa shape index (κ1) is 22.6. The van der Waals surface area contributed by atoms with E-state index in [9.17, 15) is 18.0 Å². The van der Waals surface area contributed by atoms with Crippen molar-refractivity contribution in [3.8, 4) is 0 Å². The lowest BCUT2D eigenvalue weighted by Crippen LogP contribution is -2.22. The summed E-state index contributed by atoms with van der Waals surface area (Å²) in [4.78, 5) is 16.9. The summed E-state index contributed by atoms with van der Waals surface area (Å²) in [7, 11) is 0. The highest BCUT2D eigenvalue weighted by atomic mass is 19.4. The van der Waals surface area contributed by atoms with E-state index in [4.69, 9.17) is 0 Å². The topological polar surface area (TPSA) is 54.0 Å². The van der Waals surface area contributed by atoms with E-state index in [1.165, 1.54) is 12.1 Å². The summed E-state index contributed by atoms with van der Waals surface area (Å²) in [6, 6.07) is 14.6. The average Bonchev–Trinajstić information content (AvgIpc) is 2.72. The summed E-state index contributed by atoms with van der Waals surface area (Å²) >= 11 is 0. The van der Waals surface area contributed by atoms with Gasteiger partial charge >= 0.3 is 6.18 Å². The van der Waals surface area contributed by atoms with Gasteiger partial charge in [-0.15, -0.1) is 0 Å². The van der Waals surface area contributed by atoms with E-state index in [0.29, 0.717) is 29.6 Å². The van der Waals surface area contributed by atoms with Crippen molar-refractivity contribution in [2.75, 3.05) is 10.6 Å². The molecule has 0 spiro atoms. The van der Waals surface area contributed by atoms with Gasteiger partial charge in [-0.2, -0.15) is 13.2 Å². The average molecular weight is 429 g/mol. The zero-order chi connectivity index (χ0) is 22.6. The van der Waals surface area contributed by atoms with Gasteiger partial charge in [0.1, 0.15) is 5.82 Å². The van der Waals surface area contributed by atoms with Gasteiger partial charge in [0.05, 0.1) is 11.1 Å². The van der Waals surface area contributed by atoms with Crippen LogP contribution in [0.4, 0.5) is 24.7 Å². The largest absolute Gasteiger partial charge is 0.416 e. The van der Waals surface area contributed by atoms with Gasteiger partial charge in [0.15, 0.2) is 0 Å². The van der Waals surface area contributed by atoms with Crippen molar-refractivity contribution in [1.82, 2.24) is 4.98 Å². The van der Waals surface area contributed by atoms with Gasteiger partial charge in [-0.05, 0) is 67.3 Å². The molecule has 4 nitrogen and oxygen atoms in total. The normalized spacial score (nSPS) is 12.7. The molecule has 164 valence electrons. The molecular formula is C24H26F3N3O. The third-order valence-corrected chi connectivity index (χ3v) is 5.27. The zero-order valence-electron chi connectivity index (χ0n) is 17.8. The van der Waals surface area contributed by atoms with E-state index in [-0.39, 0.29) is 12.3 Å². The molecule has 0 bridgehead atoms. The zero-order valence-corrected chi connectivity index (χ0v) is 17.8. The maximum atomic E-state index is 12.6. The third kappa shape index (κ3) is 6.20. The van der Waals surface area contributed by atoms with Gasteiger partial charge in [-0.25, -0.2) is 4.98 Å². The molecule has 3 aromatic rings. The Labute approximate surface area is 179 Å². The number of rotatable bonds is 7. The van der Waals surface area contributed by atoms with Crippen LogP contribution in [0.2, 0.25) is 0 Å². The number of halogens is 3. The van der Waals surface area contributed by atoms with Crippen LogP contribution in [0.5, 0.6) is 0 Å². The SMILES string of the molecule is CC(C)[C@H](C)Nc1ccc2cc(NC(=O)CCc3ccc(C(F)(F)F)cc3)ccc2n1. The van der Waals surface area contributed by atoms with E-state index in [2.05, 4.69) is 36.4 Å². The Hall–Kier alpha value is -3.09. The van der Waals surface area contributed by atoms with Gasteiger partial charge in [0, 0.05) is 23.5 Å². The number of nitrogens with zero attached hydrogens (tertiary/aromatic N) is 1. The summed E-state index contributed by atoms with van der Waals surface area (Å²) in [5.41, 5.74) is 1.47. The number of alkyl halides is 3. The quantitative estimate of drug-likeness (QED) is 0.465. The Kier molecular flexibility index (Phi) is 6.83. The van der Waals surface area contributed by atoms with Crippen molar-refractivity contribution in [2.45, 2.75) is 45.8 Å². The highest BCUT2D eigenvalue weighted by Crippen LogP contribution is 2.29. The minimum Gasteiger partial charge on any atom is -0.367 e. The fourth-order valence-corrected chi connectivity index (χ4v) is 3.03. The molecule has 1 aromatic heterocycles. The van der Waals surface area contributed by atoms with Gasteiger partial charge in [0.25, 0.3) is 0 Å². The van der Waals surface area contributed by atoms with Crippen molar-refractivity contribution >= 4 is 28.3 Å². The molecule has 0 aliphatic rings. The first-order valence-corrected chi connectivity index (χ1v) is 10.2. The summed E-state index contributed by atoms with van der Waals surface area (Å²) in [5.74, 6) is 1.09. The highest BCUT2D eigenvalue weighted by molar-refractivity contribution is 5.94. The van der Waals surface area contributed by atoms with E-state index in [1.54, 1.807) is 6.07 Å². The van der Waals surface area contributed by atoms with Crippen molar-refractivity contribution in [3.05, 3.63) is 65.7 Å². The van der Waals surface area contributed by atoms with Gasteiger partial charge in [-0.1, -0.05) is 26.0 Å². The van der Waals surface area contributed by atoms with Crippen molar-refractivity contribution in [3.63, 3.8) is 0 Å². The number of amides is 1. The molecule has 1 heterocycles. The predicted octanol–water partition coefficient (Wildman–Crippen LogP) is 6.28. The number of fused-ring (bicyclic) bond motifs is 1. The molecule has 1 amide bonds. The molecule has 0 saturated carbocycles. The van der Waals surface area contributed by atoms with Crippen LogP contribution in [0.1, 0.15) is 38.3 Å². The van der Waals surface area contributed by atoms with Crippen LogP contribution < -0.4 is 10.6 Å². The molecule has 0 saturated heterocycles. The highest BCUT2D eigenvalue weighted by Gasteiger charge is 2.29. The molecule has 0 fully saturated rings. The number of hydrogen-bond acceptors (Lipinski definition) is 3. The molecule has 31 heavy (non-hydrogen) atoms. The van der Waals surface area contributed by atoms with E-state index in [1.807, 2.05) is 24.3 Å². The van der Waals surface area contributed by atoms with E-state index < -0.39 is 11.7 Å². The first-order valence-electron chi connectivity index (χ1n) is 10.2. The smallest absolute Gasteiger partial charge is 0.367 e. The molecule has 2 N–H and O–H groups in total. The molecular weight excluding hydrogens is 403 g/mol. The second-order valence-electron chi connectivity index (χ2n) is 8.02. The lowest BCUT2D eigenvalue weighted by Gasteiger charge is -2.18. The summed E-state index contributed by atoms with van der Waals surface area (Å²) in [6.07, 6.45) is -3.82. The minimum atomic E-state index is -4.36. The fourth-order valence-electron chi connectivity index (χ4n) is 3.03. The Morgan fingerprint density at radius 1 is 1.00 bits per heavy atom. The molecule has 3 rings (SSSR count). The minimum absolute atomic E-state index is 0.178. The first-order chi connectivity index (χ1) is 14.6. The molecule has 0 aliphatic heterocycles. The number of carbonyl (C=O) groups excluding carboxylic acids is 1. The summed E-state index contributed by atoms with van der Waals surface area (Å²) in [6.45, 7) is 6.40. The third-order valence-electron chi connectivity index (χ3n) is 5.27. The van der Waals surface area contributed by atoms with E-state index >= 15 is 0 Å². The Morgan fingerprint density at radius 2 is 1.71 bits per heavy atom. The summed E-state index contributed by atoms with van der Waals surface area (Å²) < 4.78 is 37.9. The lowest BCUT2D eigenvalue weighted by molar-refractivity contribution is -0.137. The molecule has 0 aliphatic carbocycles. The number of anilines is 2. The maximum absolute atomic E-state index is 12.6. The van der Waals surface area contributed by atoms with Crippen LogP contribution in [0.25, 0.3) is 10.9 Å². The lowest BCUT2D eigenvalue weighted by atomic mass is 10.1. The number of nitrogens with one attached hydrogen (secondary N) is 2. The summed E-state index contributed by atoms with van der Waals surface area (Å²) in [5, 5.41) is 7.13. The van der Waals surface area contributed by atoms with Gasteiger partial charge < -0.3 is 10.6 Å². The standard InChI is InChI=1S/C24H26F3N3O/c1-15(2)16(3)28-22-12-7-18-14-20(10-11-21(18)30-22)29-23(31)13-6-17-4-8-19(9-5-17)24(25,26)27/h4-5,7-12,14-16H,6,13H2,1-3H3,(H,28,30)(H,29,31)/t16-/m0/s1. The van der Waals surface area contributed by atoms with Crippen LogP contribution in [0.3, 0.4) is 0 Å². The van der Waals surface area contributed by atoms with Crippen molar-refractivity contribution in [1.29, 1.82) is 0 Å².